The van der Waals surface area contributed by atoms with Crippen molar-refractivity contribution in [3.8, 4) is 0 Å². The highest BCUT2D eigenvalue weighted by atomic mass is 16.1. The predicted octanol–water partition coefficient (Wildman–Crippen LogP) is 1.63. The van der Waals surface area contributed by atoms with Crippen molar-refractivity contribution in [1.82, 2.24) is 4.57 Å². The van der Waals surface area contributed by atoms with Gasteiger partial charge in [0, 0.05) is 18.9 Å². The van der Waals surface area contributed by atoms with E-state index in [1.165, 1.54) is 0 Å². The average Bonchev–Trinajstić information content (AvgIpc) is 2.37. The number of aryl methyl sites for hydroxylation is 1. The molecular formula is C9H11NO. The summed E-state index contributed by atoms with van der Waals surface area (Å²) in [4.78, 5) is 10.3. The first-order valence-corrected chi connectivity index (χ1v) is 3.49. The zero-order valence-corrected chi connectivity index (χ0v) is 6.74. The first-order chi connectivity index (χ1) is 5.24. The highest BCUT2D eigenvalue weighted by Gasteiger charge is 1.91. The Morgan fingerprint density at radius 2 is 2.36 bits per heavy atom. The van der Waals surface area contributed by atoms with Crippen molar-refractivity contribution >= 4 is 12.4 Å². The van der Waals surface area contributed by atoms with Crippen molar-refractivity contribution in [3.05, 3.63) is 29.6 Å². The van der Waals surface area contributed by atoms with Crippen LogP contribution in [0.2, 0.25) is 0 Å². The van der Waals surface area contributed by atoms with Gasteiger partial charge in [-0.05, 0) is 30.7 Å². The summed E-state index contributed by atoms with van der Waals surface area (Å²) in [6.07, 6.45) is 4.66. The third kappa shape index (κ3) is 1.80. The van der Waals surface area contributed by atoms with Gasteiger partial charge < -0.3 is 4.57 Å². The smallest absolute Gasteiger partial charge is 0.145 e. The lowest BCUT2D eigenvalue weighted by atomic mass is 10.2. The minimum Gasteiger partial charge on any atom is -0.351 e. The maximum absolute atomic E-state index is 10.3. The van der Waals surface area contributed by atoms with Crippen LogP contribution in [0.1, 0.15) is 12.6 Å². The van der Waals surface area contributed by atoms with Crippen molar-refractivity contribution in [2.75, 3.05) is 0 Å². The van der Waals surface area contributed by atoms with E-state index in [1.807, 2.05) is 36.0 Å². The molecule has 1 aromatic rings. The summed E-state index contributed by atoms with van der Waals surface area (Å²) >= 11 is 0. The molecule has 1 heterocycles. The molecule has 0 radical (unpaired) electrons. The summed E-state index contributed by atoms with van der Waals surface area (Å²) in [5.41, 5.74) is 1.79. The lowest BCUT2D eigenvalue weighted by Gasteiger charge is -1.95. The number of rotatable bonds is 2. The zero-order chi connectivity index (χ0) is 8.27. The van der Waals surface area contributed by atoms with E-state index in [9.17, 15) is 4.79 Å². The second-order valence-corrected chi connectivity index (χ2v) is 2.55. The molecule has 0 N–H and O–H groups in total. The fourth-order valence-corrected chi connectivity index (χ4v) is 0.892. The van der Waals surface area contributed by atoms with Gasteiger partial charge in [0.2, 0.25) is 0 Å². The highest BCUT2D eigenvalue weighted by molar-refractivity contribution is 5.80. The Morgan fingerprint density at radius 3 is 2.82 bits per heavy atom. The zero-order valence-electron chi connectivity index (χ0n) is 6.74. The third-order valence-electron chi connectivity index (χ3n) is 1.55. The van der Waals surface area contributed by atoms with Crippen LogP contribution < -0.4 is 0 Å². The Balaban J connectivity index is 2.94. The molecule has 0 aliphatic heterocycles. The second kappa shape index (κ2) is 3.19. The lowest BCUT2D eigenvalue weighted by Crippen LogP contribution is -1.88. The van der Waals surface area contributed by atoms with Crippen LogP contribution in [-0.2, 0) is 11.8 Å². The van der Waals surface area contributed by atoms with Gasteiger partial charge >= 0.3 is 0 Å². The normalized spacial score (nSPS) is 11.6. The van der Waals surface area contributed by atoms with Crippen molar-refractivity contribution in [2.24, 2.45) is 7.05 Å². The number of carbonyl (C=O) groups is 1. The van der Waals surface area contributed by atoms with E-state index in [1.54, 1.807) is 6.92 Å². The van der Waals surface area contributed by atoms with Crippen molar-refractivity contribution < 1.29 is 4.79 Å². The third-order valence-corrected chi connectivity index (χ3v) is 1.55. The van der Waals surface area contributed by atoms with E-state index in [2.05, 4.69) is 0 Å². The Morgan fingerprint density at radius 1 is 1.64 bits per heavy atom. The number of allylic oxidation sites excluding steroid dienone is 1. The number of hydrogen-bond donors (Lipinski definition) is 0. The molecule has 0 saturated carbocycles. The molecule has 0 bridgehead atoms. The fraction of sp³-hybridized carbons (Fsp3) is 0.222. The van der Waals surface area contributed by atoms with Crippen LogP contribution in [-0.4, -0.2) is 10.9 Å². The summed E-state index contributed by atoms with van der Waals surface area (Å²) in [6.45, 7) is 1.79. The largest absolute Gasteiger partial charge is 0.351 e. The van der Waals surface area contributed by atoms with Crippen LogP contribution in [0, 0.1) is 0 Å². The van der Waals surface area contributed by atoms with Gasteiger partial charge in [-0.25, -0.2) is 0 Å². The maximum atomic E-state index is 10.3. The predicted molar refractivity (Wildman–Crippen MR) is 45.1 cm³/mol. The minimum absolute atomic E-state index is 0.742. The van der Waals surface area contributed by atoms with Gasteiger partial charge in [-0.15, -0.1) is 0 Å². The molecule has 2 heteroatoms. The Bertz CT molecular complexity index is 284. The van der Waals surface area contributed by atoms with Crippen LogP contribution in [0.3, 0.4) is 0 Å². The van der Waals surface area contributed by atoms with E-state index in [4.69, 9.17) is 0 Å². The molecule has 0 unspecified atom stereocenters. The Hall–Kier alpha value is -1.31. The van der Waals surface area contributed by atoms with Gasteiger partial charge in [-0.1, -0.05) is 0 Å². The number of aromatic nitrogens is 1. The maximum Gasteiger partial charge on any atom is 0.145 e. The molecule has 0 spiro atoms. The first kappa shape index (κ1) is 7.79. The van der Waals surface area contributed by atoms with E-state index in [-0.39, 0.29) is 0 Å². The summed E-state index contributed by atoms with van der Waals surface area (Å²) in [6, 6.07) is 3.91. The Kier molecular flexibility index (Phi) is 2.26. The molecule has 58 valence electrons. The van der Waals surface area contributed by atoms with Crippen LogP contribution in [0.4, 0.5) is 0 Å². The van der Waals surface area contributed by atoms with Gasteiger partial charge in [-0.2, -0.15) is 0 Å². The number of aldehydes is 1. The molecule has 0 fully saturated rings. The van der Waals surface area contributed by atoms with Crippen molar-refractivity contribution in [3.63, 3.8) is 0 Å². The quantitative estimate of drug-likeness (QED) is 0.462. The first-order valence-electron chi connectivity index (χ1n) is 3.49. The number of hydrogen-bond acceptors (Lipinski definition) is 1. The van der Waals surface area contributed by atoms with Crippen molar-refractivity contribution in [2.45, 2.75) is 6.92 Å². The van der Waals surface area contributed by atoms with Gasteiger partial charge in [-0.3, -0.25) is 4.79 Å². The number of nitrogens with zero attached hydrogens (tertiary/aromatic N) is 1. The van der Waals surface area contributed by atoms with Gasteiger partial charge in [0.15, 0.2) is 0 Å². The summed E-state index contributed by atoms with van der Waals surface area (Å²) < 4.78 is 1.97. The van der Waals surface area contributed by atoms with E-state index in [0.717, 1.165) is 17.6 Å². The molecule has 0 atom stereocenters. The van der Waals surface area contributed by atoms with Crippen LogP contribution >= 0.6 is 0 Å². The Labute approximate surface area is 66.1 Å². The number of carbonyl (C=O) groups excluding carboxylic acids is 1. The van der Waals surface area contributed by atoms with Crippen LogP contribution in [0.25, 0.3) is 6.08 Å². The van der Waals surface area contributed by atoms with Gasteiger partial charge in [0.25, 0.3) is 0 Å². The molecule has 0 amide bonds. The SMILES string of the molecule is C/C(C=O)=C\c1cccn1C. The van der Waals surface area contributed by atoms with Gasteiger partial charge in [0.05, 0.1) is 0 Å². The molecule has 1 rings (SSSR count). The molecule has 0 aliphatic rings. The van der Waals surface area contributed by atoms with E-state index < -0.39 is 0 Å². The standard InChI is InChI=1S/C9H11NO/c1-8(7-11)6-9-4-3-5-10(9)2/h3-7H,1-2H3/b8-6+. The van der Waals surface area contributed by atoms with Crippen LogP contribution in [0.15, 0.2) is 23.9 Å². The van der Waals surface area contributed by atoms with E-state index >= 15 is 0 Å². The molecule has 11 heavy (non-hydrogen) atoms. The molecule has 2 nitrogen and oxygen atoms in total. The summed E-state index contributed by atoms with van der Waals surface area (Å²) in [5.74, 6) is 0. The second-order valence-electron chi connectivity index (χ2n) is 2.55. The molecule has 0 saturated heterocycles. The van der Waals surface area contributed by atoms with E-state index in [0.29, 0.717) is 0 Å². The topological polar surface area (TPSA) is 22.0 Å². The summed E-state index contributed by atoms with van der Waals surface area (Å²) in [5, 5.41) is 0. The molecule has 0 aromatic carbocycles. The molecule has 1 aromatic heterocycles. The van der Waals surface area contributed by atoms with Gasteiger partial charge in [0.1, 0.15) is 6.29 Å². The molecule has 0 aliphatic carbocycles. The lowest BCUT2D eigenvalue weighted by molar-refractivity contribution is -0.104. The van der Waals surface area contributed by atoms with Crippen LogP contribution in [0.5, 0.6) is 0 Å². The minimum atomic E-state index is 0.742. The average molecular weight is 149 g/mol. The van der Waals surface area contributed by atoms with Crippen molar-refractivity contribution in [1.29, 1.82) is 0 Å². The summed E-state index contributed by atoms with van der Waals surface area (Å²) in [7, 11) is 1.95. The highest BCUT2D eigenvalue weighted by Crippen LogP contribution is 2.04. The fourth-order valence-electron chi connectivity index (χ4n) is 0.892. The monoisotopic (exact) mass is 149 g/mol. The molecular weight excluding hydrogens is 138 g/mol.